The van der Waals surface area contributed by atoms with Gasteiger partial charge in [0.15, 0.2) is 11.5 Å². The quantitative estimate of drug-likeness (QED) is 0.838. The average molecular weight is 356 g/mol. The summed E-state index contributed by atoms with van der Waals surface area (Å²) < 4.78 is 10.9. The Morgan fingerprint density at radius 1 is 1.25 bits per heavy atom. The van der Waals surface area contributed by atoms with Crippen LogP contribution in [0.25, 0.3) is 0 Å². The van der Waals surface area contributed by atoms with Crippen molar-refractivity contribution in [2.75, 3.05) is 26.3 Å². The van der Waals surface area contributed by atoms with Gasteiger partial charge in [-0.1, -0.05) is 11.6 Å². The third-order valence-electron chi connectivity index (χ3n) is 4.30. The Morgan fingerprint density at radius 2 is 1.92 bits per heavy atom. The highest BCUT2D eigenvalue weighted by Crippen LogP contribution is 2.35. The summed E-state index contributed by atoms with van der Waals surface area (Å²) in [5.74, 6) is -1.19. The van der Waals surface area contributed by atoms with Crippen molar-refractivity contribution < 1.29 is 29.3 Å². The molecule has 0 aromatic heterocycles. The maximum Gasteiger partial charge on any atom is 0.310 e. The van der Waals surface area contributed by atoms with Crippen molar-refractivity contribution in [3.05, 3.63) is 22.7 Å². The van der Waals surface area contributed by atoms with Gasteiger partial charge >= 0.3 is 5.97 Å². The van der Waals surface area contributed by atoms with Gasteiger partial charge in [-0.05, 0) is 18.1 Å². The Hall–Kier alpha value is -1.99. The van der Waals surface area contributed by atoms with E-state index in [1.807, 2.05) is 0 Å². The molecule has 130 valence electrons. The number of hydrogen-bond donors (Lipinski definition) is 2. The molecule has 1 amide bonds. The molecule has 0 radical (unpaired) electrons. The van der Waals surface area contributed by atoms with Crippen molar-refractivity contribution >= 4 is 23.5 Å². The Kier molecular flexibility index (Phi) is 4.82. The van der Waals surface area contributed by atoms with Crippen LogP contribution in [0.2, 0.25) is 5.02 Å². The zero-order chi connectivity index (χ0) is 17.3. The van der Waals surface area contributed by atoms with Crippen LogP contribution in [-0.2, 0) is 16.0 Å². The Morgan fingerprint density at radius 3 is 2.58 bits per heavy atom. The largest absolute Gasteiger partial charge is 0.486 e. The summed E-state index contributed by atoms with van der Waals surface area (Å²) in [6, 6.07) is 3.31. The number of carboxylic acids is 1. The second-order valence-electron chi connectivity index (χ2n) is 5.90. The second kappa shape index (κ2) is 6.86. The molecule has 2 aliphatic rings. The van der Waals surface area contributed by atoms with Crippen LogP contribution in [0, 0.1) is 5.92 Å². The number of amides is 1. The molecule has 2 heterocycles. The van der Waals surface area contributed by atoms with Crippen molar-refractivity contribution in [3.63, 3.8) is 0 Å². The van der Waals surface area contributed by atoms with E-state index in [4.69, 9.17) is 26.2 Å². The number of aliphatic hydroxyl groups is 1. The lowest BCUT2D eigenvalue weighted by Gasteiger charge is -2.34. The van der Waals surface area contributed by atoms with Gasteiger partial charge in [0.1, 0.15) is 19.1 Å². The normalized spacial score (nSPS) is 23.0. The van der Waals surface area contributed by atoms with Crippen molar-refractivity contribution in [2.24, 2.45) is 5.92 Å². The highest BCUT2D eigenvalue weighted by molar-refractivity contribution is 6.31. The maximum absolute atomic E-state index is 12.5. The standard InChI is InChI=1S/C16H18ClNO6/c17-11-7-14-13(23-3-4-24-14)5-9(11)6-15(20)18-2-1-12(19)10(8-18)16(21)22/h5,7,10,12,19H,1-4,6,8H2,(H,21,22)/t10-,12-/m1/s1. The minimum Gasteiger partial charge on any atom is -0.486 e. The summed E-state index contributed by atoms with van der Waals surface area (Å²) in [5.41, 5.74) is 0.601. The highest BCUT2D eigenvalue weighted by atomic mass is 35.5. The molecule has 3 rings (SSSR count). The van der Waals surface area contributed by atoms with Gasteiger partial charge in [0.2, 0.25) is 5.91 Å². The number of aliphatic carboxylic acids is 1. The van der Waals surface area contributed by atoms with E-state index in [1.165, 1.54) is 4.90 Å². The number of benzene rings is 1. The van der Waals surface area contributed by atoms with Crippen LogP contribution >= 0.6 is 11.6 Å². The number of likely N-dealkylation sites (tertiary alicyclic amines) is 1. The van der Waals surface area contributed by atoms with E-state index in [-0.39, 0.29) is 25.3 Å². The molecule has 0 unspecified atom stereocenters. The molecule has 0 saturated carbocycles. The first kappa shape index (κ1) is 16.9. The number of carbonyl (C=O) groups is 2. The van der Waals surface area contributed by atoms with E-state index in [0.29, 0.717) is 41.8 Å². The summed E-state index contributed by atoms with van der Waals surface area (Å²) in [4.78, 5) is 25.1. The number of aliphatic hydroxyl groups excluding tert-OH is 1. The fraction of sp³-hybridized carbons (Fsp3) is 0.500. The van der Waals surface area contributed by atoms with Gasteiger partial charge in [-0.3, -0.25) is 9.59 Å². The molecule has 7 nitrogen and oxygen atoms in total. The SMILES string of the molecule is O=C(O)[C@@H]1CN(C(=O)Cc2cc3c(cc2Cl)OCCO3)CC[C@H]1O. The van der Waals surface area contributed by atoms with Gasteiger partial charge in [-0.25, -0.2) is 0 Å². The minimum absolute atomic E-state index is 0.00248. The lowest BCUT2D eigenvalue weighted by molar-refractivity contribution is -0.151. The summed E-state index contributed by atoms with van der Waals surface area (Å²) in [7, 11) is 0. The molecular formula is C16H18ClNO6. The Balaban J connectivity index is 1.72. The summed E-state index contributed by atoms with van der Waals surface area (Å²) in [5, 5.41) is 19.3. The van der Waals surface area contributed by atoms with E-state index in [1.54, 1.807) is 12.1 Å². The predicted molar refractivity (Wildman–Crippen MR) is 84.5 cm³/mol. The highest BCUT2D eigenvalue weighted by Gasteiger charge is 2.35. The molecular weight excluding hydrogens is 338 g/mol. The van der Waals surface area contributed by atoms with Crippen LogP contribution in [0.1, 0.15) is 12.0 Å². The number of fused-ring (bicyclic) bond motifs is 1. The first-order valence-electron chi connectivity index (χ1n) is 7.72. The summed E-state index contributed by atoms with van der Waals surface area (Å²) >= 11 is 6.21. The molecule has 2 aliphatic heterocycles. The third-order valence-corrected chi connectivity index (χ3v) is 4.65. The number of hydrogen-bond acceptors (Lipinski definition) is 5. The third kappa shape index (κ3) is 3.42. The van der Waals surface area contributed by atoms with Gasteiger partial charge in [-0.15, -0.1) is 0 Å². The first-order chi connectivity index (χ1) is 11.5. The molecule has 2 atom stereocenters. The summed E-state index contributed by atoms with van der Waals surface area (Å²) in [6.07, 6.45) is -0.639. The van der Waals surface area contributed by atoms with E-state index < -0.39 is 18.0 Å². The number of rotatable bonds is 3. The van der Waals surface area contributed by atoms with Crippen LogP contribution < -0.4 is 9.47 Å². The monoisotopic (exact) mass is 355 g/mol. The Bertz CT molecular complexity index is 664. The van der Waals surface area contributed by atoms with Crippen LogP contribution in [0.5, 0.6) is 11.5 Å². The van der Waals surface area contributed by atoms with E-state index in [9.17, 15) is 14.7 Å². The van der Waals surface area contributed by atoms with Gasteiger partial charge < -0.3 is 24.6 Å². The van der Waals surface area contributed by atoms with Gasteiger partial charge in [0, 0.05) is 24.2 Å². The van der Waals surface area contributed by atoms with Gasteiger partial charge in [0.25, 0.3) is 0 Å². The number of carbonyl (C=O) groups excluding carboxylic acids is 1. The molecule has 1 aromatic carbocycles. The number of ether oxygens (including phenoxy) is 2. The van der Waals surface area contributed by atoms with E-state index >= 15 is 0 Å². The fourth-order valence-corrected chi connectivity index (χ4v) is 3.15. The van der Waals surface area contributed by atoms with E-state index in [2.05, 4.69) is 0 Å². The van der Waals surface area contributed by atoms with Gasteiger partial charge in [0.05, 0.1) is 12.5 Å². The van der Waals surface area contributed by atoms with Crippen molar-refractivity contribution in [1.82, 2.24) is 4.90 Å². The molecule has 1 saturated heterocycles. The number of halogens is 1. The molecule has 24 heavy (non-hydrogen) atoms. The van der Waals surface area contributed by atoms with Crippen molar-refractivity contribution in [2.45, 2.75) is 18.9 Å². The molecule has 0 aliphatic carbocycles. The first-order valence-corrected chi connectivity index (χ1v) is 8.10. The maximum atomic E-state index is 12.5. The second-order valence-corrected chi connectivity index (χ2v) is 6.31. The Labute approximate surface area is 143 Å². The number of carboxylic acid groups (broad SMARTS) is 1. The van der Waals surface area contributed by atoms with Crippen LogP contribution in [0.4, 0.5) is 0 Å². The van der Waals surface area contributed by atoms with Crippen LogP contribution in [0.15, 0.2) is 12.1 Å². The predicted octanol–water partition coefficient (Wildman–Crippen LogP) is 0.948. The average Bonchev–Trinajstić information content (AvgIpc) is 2.55. The summed E-state index contributed by atoms with van der Waals surface area (Å²) in [6.45, 7) is 1.21. The van der Waals surface area contributed by atoms with Crippen molar-refractivity contribution in [3.8, 4) is 11.5 Å². The van der Waals surface area contributed by atoms with E-state index in [0.717, 1.165) is 0 Å². The lowest BCUT2D eigenvalue weighted by atomic mass is 9.94. The molecule has 0 spiro atoms. The van der Waals surface area contributed by atoms with Crippen molar-refractivity contribution in [1.29, 1.82) is 0 Å². The van der Waals surface area contributed by atoms with Crippen LogP contribution in [0.3, 0.4) is 0 Å². The minimum atomic E-state index is -1.10. The van der Waals surface area contributed by atoms with Gasteiger partial charge in [-0.2, -0.15) is 0 Å². The van der Waals surface area contributed by atoms with Crippen LogP contribution in [-0.4, -0.2) is 59.4 Å². The number of nitrogens with zero attached hydrogens (tertiary/aromatic N) is 1. The molecule has 0 bridgehead atoms. The zero-order valence-corrected chi connectivity index (χ0v) is 13.7. The number of piperidine rings is 1. The zero-order valence-electron chi connectivity index (χ0n) is 12.9. The molecule has 1 fully saturated rings. The fourth-order valence-electron chi connectivity index (χ4n) is 2.93. The lowest BCUT2D eigenvalue weighted by Crippen LogP contribution is -2.49. The molecule has 2 N–H and O–H groups in total. The molecule has 1 aromatic rings. The molecule has 8 heteroatoms. The smallest absolute Gasteiger partial charge is 0.310 e. The topological polar surface area (TPSA) is 96.3 Å².